The highest BCUT2D eigenvalue weighted by atomic mass is 79.9. The lowest BCUT2D eigenvalue weighted by Crippen LogP contribution is -2.28. The molecule has 0 saturated heterocycles. The molecular weight excluding hydrogens is 284 g/mol. The van der Waals surface area contributed by atoms with Crippen molar-refractivity contribution in [1.82, 2.24) is 5.32 Å². The predicted octanol–water partition coefficient (Wildman–Crippen LogP) is 2.19. The minimum atomic E-state index is -0.142. The van der Waals surface area contributed by atoms with Gasteiger partial charge in [0.15, 0.2) is 0 Å². The van der Waals surface area contributed by atoms with Gasteiger partial charge in [0.25, 0.3) is 5.91 Å². The van der Waals surface area contributed by atoms with Crippen molar-refractivity contribution >= 4 is 27.5 Å². The molecule has 0 bridgehead atoms. The summed E-state index contributed by atoms with van der Waals surface area (Å²) in [5.41, 5.74) is 6.80. The summed E-state index contributed by atoms with van der Waals surface area (Å²) in [7, 11) is 0. The zero-order valence-electron chi connectivity index (χ0n) is 10.00. The van der Waals surface area contributed by atoms with Crippen LogP contribution >= 0.6 is 15.9 Å². The van der Waals surface area contributed by atoms with Crippen LogP contribution in [0.5, 0.6) is 0 Å². The van der Waals surface area contributed by atoms with Crippen molar-refractivity contribution in [2.45, 2.75) is 20.0 Å². The average Bonchev–Trinajstić information content (AvgIpc) is 2.27. The summed E-state index contributed by atoms with van der Waals surface area (Å²) in [5.74, 6) is -0.142. The summed E-state index contributed by atoms with van der Waals surface area (Å²) in [6.07, 6.45) is 0.176. The molecule has 0 aliphatic carbocycles. The van der Waals surface area contributed by atoms with Gasteiger partial charge in [-0.3, -0.25) is 4.79 Å². The number of nitrogen functional groups attached to an aromatic ring is 1. The molecular formula is C12H17BrN2O2. The van der Waals surface area contributed by atoms with Crippen LogP contribution in [0.25, 0.3) is 0 Å². The monoisotopic (exact) mass is 300 g/mol. The molecule has 0 aliphatic heterocycles. The Bertz CT molecular complexity index is 394. The van der Waals surface area contributed by atoms with E-state index in [0.717, 1.165) is 4.47 Å². The lowest BCUT2D eigenvalue weighted by Gasteiger charge is -2.09. The first-order valence-electron chi connectivity index (χ1n) is 5.45. The SMILES string of the molecule is CC(C)OCCNC(=O)c1ccc(Br)c(N)c1. The molecule has 3 N–H and O–H groups in total. The normalized spacial score (nSPS) is 10.6. The van der Waals surface area contributed by atoms with Gasteiger partial charge in [-0.15, -0.1) is 0 Å². The molecule has 0 spiro atoms. The van der Waals surface area contributed by atoms with E-state index in [2.05, 4.69) is 21.2 Å². The number of halogens is 1. The third-order valence-corrected chi connectivity index (χ3v) is 2.82. The molecule has 0 aromatic heterocycles. The maximum Gasteiger partial charge on any atom is 0.251 e. The number of carbonyl (C=O) groups is 1. The van der Waals surface area contributed by atoms with Gasteiger partial charge in [0.1, 0.15) is 0 Å². The first-order chi connectivity index (χ1) is 8.00. The Labute approximate surface area is 110 Å². The van der Waals surface area contributed by atoms with Crippen LogP contribution in [-0.4, -0.2) is 25.2 Å². The van der Waals surface area contributed by atoms with Crippen LogP contribution in [0.1, 0.15) is 24.2 Å². The smallest absolute Gasteiger partial charge is 0.251 e. The molecule has 5 heteroatoms. The highest BCUT2D eigenvalue weighted by Gasteiger charge is 2.06. The minimum Gasteiger partial charge on any atom is -0.398 e. The zero-order valence-corrected chi connectivity index (χ0v) is 11.6. The maximum absolute atomic E-state index is 11.7. The summed E-state index contributed by atoms with van der Waals surface area (Å²) in [6.45, 7) is 4.91. The van der Waals surface area contributed by atoms with E-state index in [-0.39, 0.29) is 12.0 Å². The van der Waals surface area contributed by atoms with Gasteiger partial charge in [0.05, 0.1) is 12.7 Å². The van der Waals surface area contributed by atoms with E-state index in [9.17, 15) is 4.79 Å². The van der Waals surface area contributed by atoms with Gasteiger partial charge in [-0.25, -0.2) is 0 Å². The summed E-state index contributed by atoms with van der Waals surface area (Å²) < 4.78 is 6.11. The molecule has 0 saturated carbocycles. The molecule has 0 radical (unpaired) electrons. The van der Waals surface area contributed by atoms with Gasteiger partial charge in [-0.05, 0) is 48.0 Å². The van der Waals surface area contributed by atoms with Crippen molar-refractivity contribution in [2.24, 2.45) is 0 Å². The number of amides is 1. The number of ether oxygens (including phenoxy) is 1. The van der Waals surface area contributed by atoms with Gasteiger partial charge in [0, 0.05) is 22.3 Å². The highest BCUT2D eigenvalue weighted by molar-refractivity contribution is 9.10. The van der Waals surface area contributed by atoms with Gasteiger partial charge < -0.3 is 15.8 Å². The number of nitrogens with two attached hydrogens (primary N) is 1. The van der Waals surface area contributed by atoms with Crippen LogP contribution in [0.4, 0.5) is 5.69 Å². The van der Waals surface area contributed by atoms with Crippen LogP contribution in [0.2, 0.25) is 0 Å². The molecule has 94 valence electrons. The largest absolute Gasteiger partial charge is 0.398 e. The molecule has 4 nitrogen and oxygen atoms in total. The molecule has 0 aliphatic rings. The van der Waals surface area contributed by atoms with E-state index in [1.807, 2.05) is 13.8 Å². The predicted molar refractivity (Wildman–Crippen MR) is 72.0 cm³/mol. The van der Waals surface area contributed by atoms with Crippen LogP contribution in [0.3, 0.4) is 0 Å². The maximum atomic E-state index is 11.7. The molecule has 1 amide bonds. The molecule has 1 aromatic carbocycles. The fourth-order valence-corrected chi connectivity index (χ4v) is 1.49. The quantitative estimate of drug-likeness (QED) is 0.647. The average molecular weight is 301 g/mol. The highest BCUT2D eigenvalue weighted by Crippen LogP contribution is 2.19. The standard InChI is InChI=1S/C12H17BrN2O2/c1-8(2)17-6-5-15-12(16)9-3-4-10(13)11(14)7-9/h3-4,7-8H,5-6,14H2,1-2H3,(H,15,16). The Kier molecular flexibility index (Phi) is 5.44. The molecule has 1 aromatic rings. The molecule has 0 atom stereocenters. The number of hydrogen-bond donors (Lipinski definition) is 2. The van der Waals surface area contributed by atoms with Gasteiger partial charge in [-0.1, -0.05) is 0 Å². The Balaban J connectivity index is 2.44. The summed E-state index contributed by atoms with van der Waals surface area (Å²) in [6, 6.07) is 5.12. The first kappa shape index (κ1) is 14.0. The second-order valence-corrected chi connectivity index (χ2v) is 4.77. The fourth-order valence-electron chi connectivity index (χ4n) is 1.25. The first-order valence-corrected chi connectivity index (χ1v) is 6.25. The lowest BCUT2D eigenvalue weighted by atomic mass is 10.2. The fraction of sp³-hybridized carbons (Fsp3) is 0.417. The van der Waals surface area contributed by atoms with E-state index in [0.29, 0.717) is 24.4 Å². The number of carbonyl (C=O) groups excluding carboxylic acids is 1. The number of anilines is 1. The van der Waals surface area contributed by atoms with Crippen LogP contribution in [0.15, 0.2) is 22.7 Å². The van der Waals surface area contributed by atoms with Crippen molar-refractivity contribution in [3.05, 3.63) is 28.2 Å². The van der Waals surface area contributed by atoms with Gasteiger partial charge in [0.2, 0.25) is 0 Å². The van der Waals surface area contributed by atoms with Crippen molar-refractivity contribution in [2.75, 3.05) is 18.9 Å². The van der Waals surface area contributed by atoms with E-state index in [1.54, 1.807) is 18.2 Å². The molecule has 17 heavy (non-hydrogen) atoms. The molecule has 0 unspecified atom stereocenters. The van der Waals surface area contributed by atoms with E-state index in [4.69, 9.17) is 10.5 Å². The molecule has 1 rings (SSSR count). The minimum absolute atomic E-state index is 0.142. The number of rotatable bonds is 5. The summed E-state index contributed by atoms with van der Waals surface area (Å²) in [5, 5.41) is 2.77. The van der Waals surface area contributed by atoms with E-state index in [1.165, 1.54) is 0 Å². The Hall–Kier alpha value is -1.07. The zero-order chi connectivity index (χ0) is 12.8. The van der Waals surface area contributed by atoms with E-state index >= 15 is 0 Å². The Morgan fingerprint density at radius 1 is 1.53 bits per heavy atom. The van der Waals surface area contributed by atoms with Gasteiger partial charge >= 0.3 is 0 Å². The summed E-state index contributed by atoms with van der Waals surface area (Å²) in [4.78, 5) is 11.7. The number of hydrogen-bond acceptors (Lipinski definition) is 3. The third kappa shape index (κ3) is 4.75. The van der Waals surface area contributed by atoms with Crippen molar-refractivity contribution in [3.63, 3.8) is 0 Å². The van der Waals surface area contributed by atoms with Crippen LogP contribution < -0.4 is 11.1 Å². The Morgan fingerprint density at radius 2 is 2.24 bits per heavy atom. The van der Waals surface area contributed by atoms with Crippen molar-refractivity contribution < 1.29 is 9.53 Å². The van der Waals surface area contributed by atoms with Crippen LogP contribution in [0, 0.1) is 0 Å². The second-order valence-electron chi connectivity index (χ2n) is 3.91. The van der Waals surface area contributed by atoms with Gasteiger partial charge in [-0.2, -0.15) is 0 Å². The topological polar surface area (TPSA) is 64.3 Å². The molecule has 0 fully saturated rings. The summed E-state index contributed by atoms with van der Waals surface area (Å²) >= 11 is 3.28. The Morgan fingerprint density at radius 3 is 2.82 bits per heavy atom. The van der Waals surface area contributed by atoms with Crippen LogP contribution in [-0.2, 0) is 4.74 Å². The van der Waals surface area contributed by atoms with E-state index < -0.39 is 0 Å². The number of benzene rings is 1. The lowest BCUT2D eigenvalue weighted by molar-refractivity contribution is 0.0746. The van der Waals surface area contributed by atoms with Crippen molar-refractivity contribution in [3.8, 4) is 0 Å². The second kappa shape index (κ2) is 6.61. The third-order valence-electron chi connectivity index (χ3n) is 2.10. The molecule has 0 heterocycles. The van der Waals surface area contributed by atoms with Crippen molar-refractivity contribution in [1.29, 1.82) is 0 Å². The number of nitrogens with one attached hydrogen (secondary N) is 1.